The van der Waals surface area contributed by atoms with Crippen LogP contribution in [0.5, 0.6) is 0 Å². The monoisotopic (exact) mass is 343 g/mol. The van der Waals surface area contributed by atoms with Crippen LogP contribution in [0.1, 0.15) is 24.1 Å². The quantitative estimate of drug-likeness (QED) is 0.728. The number of methoxy groups -OCH3 is 1. The van der Waals surface area contributed by atoms with E-state index in [4.69, 9.17) is 13.8 Å². The van der Waals surface area contributed by atoms with Crippen molar-refractivity contribution in [3.8, 4) is 22.6 Å². The topological polar surface area (TPSA) is 99.1 Å². The van der Waals surface area contributed by atoms with Crippen molar-refractivity contribution in [2.45, 2.75) is 33.7 Å². The summed E-state index contributed by atoms with van der Waals surface area (Å²) >= 11 is 0. The SMILES string of the molecule is COCC(C)Nc1ncc(-c2cc(C)no2)c(-c2c(C)noc2C)n1. The molecule has 3 aromatic heterocycles. The number of nitrogens with one attached hydrogen (secondary N) is 1. The first-order valence-electron chi connectivity index (χ1n) is 7.99. The normalized spacial score (nSPS) is 12.4. The van der Waals surface area contributed by atoms with Gasteiger partial charge in [0.1, 0.15) is 5.76 Å². The van der Waals surface area contributed by atoms with E-state index in [1.165, 1.54) is 0 Å². The lowest BCUT2D eigenvalue weighted by atomic mass is 10.0. The third-order valence-corrected chi connectivity index (χ3v) is 3.74. The Morgan fingerprint density at radius 1 is 1.20 bits per heavy atom. The summed E-state index contributed by atoms with van der Waals surface area (Å²) in [6.45, 7) is 8.15. The molecule has 0 amide bonds. The average Bonchev–Trinajstić information content (AvgIpc) is 3.13. The zero-order valence-electron chi connectivity index (χ0n) is 15.0. The van der Waals surface area contributed by atoms with Crippen LogP contribution in [0.3, 0.4) is 0 Å². The van der Waals surface area contributed by atoms with Crippen molar-refractivity contribution in [2.75, 3.05) is 19.0 Å². The van der Waals surface area contributed by atoms with Crippen LogP contribution in [0.25, 0.3) is 22.6 Å². The fourth-order valence-electron chi connectivity index (χ4n) is 2.65. The average molecular weight is 343 g/mol. The Morgan fingerprint density at radius 2 is 2.00 bits per heavy atom. The van der Waals surface area contributed by atoms with Crippen LogP contribution >= 0.6 is 0 Å². The number of hydrogen-bond acceptors (Lipinski definition) is 8. The van der Waals surface area contributed by atoms with Crippen LogP contribution in [0, 0.1) is 20.8 Å². The third-order valence-electron chi connectivity index (χ3n) is 3.74. The number of hydrogen-bond donors (Lipinski definition) is 1. The molecule has 0 aliphatic heterocycles. The standard InChI is InChI=1S/C17H21N5O3/c1-9-6-14(25-21-9)13-7-18-17(19-10(2)8-23-5)20-16(13)15-11(3)22-24-12(15)4/h6-7,10H,8H2,1-5H3,(H,18,19,20). The molecular weight excluding hydrogens is 322 g/mol. The molecule has 0 aliphatic rings. The van der Waals surface area contributed by atoms with Crippen LogP contribution < -0.4 is 5.32 Å². The first kappa shape index (κ1) is 17.1. The van der Waals surface area contributed by atoms with E-state index >= 15 is 0 Å². The van der Waals surface area contributed by atoms with E-state index in [0.29, 0.717) is 29.8 Å². The first-order chi connectivity index (χ1) is 12.0. The summed E-state index contributed by atoms with van der Waals surface area (Å²) in [6, 6.07) is 1.92. The van der Waals surface area contributed by atoms with Crippen molar-refractivity contribution < 1.29 is 13.8 Å². The molecule has 0 radical (unpaired) electrons. The van der Waals surface area contributed by atoms with Crippen molar-refractivity contribution in [2.24, 2.45) is 0 Å². The lowest BCUT2D eigenvalue weighted by molar-refractivity contribution is 0.190. The summed E-state index contributed by atoms with van der Waals surface area (Å²) in [4.78, 5) is 9.08. The minimum Gasteiger partial charge on any atom is -0.383 e. The van der Waals surface area contributed by atoms with E-state index in [1.54, 1.807) is 13.3 Å². The van der Waals surface area contributed by atoms with E-state index in [0.717, 1.165) is 22.5 Å². The van der Waals surface area contributed by atoms with Crippen molar-refractivity contribution in [3.05, 3.63) is 29.4 Å². The highest BCUT2D eigenvalue weighted by Crippen LogP contribution is 2.34. The van der Waals surface area contributed by atoms with E-state index in [1.807, 2.05) is 33.8 Å². The Bertz CT molecular complexity index is 852. The number of nitrogens with zero attached hydrogens (tertiary/aromatic N) is 4. The molecule has 0 aliphatic carbocycles. The Kier molecular flexibility index (Phi) is 4.80. The number of aromatic nitrogens is 4. The van der Waals surface area contributed by atoms with Crippen LogP contribution in [-0.4, -0.2) is 40.0 Å². The van der Waals surface area contributed by atoms with Crippen molar-refractivity contribution in [1.29, 1.82) is 0 Å². The molecule has 3 heterocycles. The molecule has 132 valence electrons. The van der Waals surface area contributed by atoms with Gasteiger partial charge in [0.2, 0.25) is 5.95 Å². The van der Waals surface area contributed by atoms with Crippen molar-refractivity contribution >= 4 is 5.95 Å². The maximum Gasteiger partial charge on any atom is 0.223 e. The first-order valence-corrected chi connectivity index (χ1v) is 7.99. The van der Waals surface area contributed by atoms with Gasteiger partial charge in [-0.05, 0) is 27.7 Å². The molecule has 25 heavy (non-hydrogen) atoms. The minimum atomic E-state index is 0.0703. The van der Waals surface area contributed by atoms with Crippen LogP contribution in [-0.2, 0) is 4.74 Å². The molecule has 1 atom stereocenters. The van der Waals surface area contributed by atoms with Crippen LogP contribution in [0.15, 0.2) is 21.3 Å². The van der Waals surface area contributed by atoms with E-state index in [-0.39, 0.29) is 6.04 Å². The molecule has 0 fully saturated rings. The molecule has 0 bridgehead atoms. The fraction of sp³-hybridized carbons (Fsp3) is 0.412. The third kappa shape index (κ3) is 3.53. The molecule has 8 nitrogen and oxygen atoms in total. The van der Waals surface area contributed by atoms with Crippen LogP contribution in [0.4, 0.5) is 5.95 Å². The van der Waals surface area contributed by atoms with Gasteiger partial charge in [-0.2, -0.15) is 0 Å². The lowest BCUT2D eigenvalue weighted by Gasteiger charge is -2.14. The van der Waals surface area contributed by atoms with Gasteiger partial charge in [-0.25, -0.2) is 9.97 Å². The predicted molar refractivity (Wildman–Crippen MR) is 92.2 cm³/mol. The summed E-state index contributed by atoms with van der Waals surface area (Å²) in [6.07, 6.45) is 1.72. The maximum absolute atomic E-state index is 5.41. The number of anilines is 1. The number of rotatable bonds is 6. The summed E-state index contributed by atoms with van der Waals surface area (Å²) < 4.78 is 15.9. The molecule has 0 aromatic carbocycles. The molecule has 0 spiro atoms. The highest BCUT2D eigenvalue weighted by atomic mass is 16.5. The van der Waals surface area contributed by atoms with Gasteiger partial charge in [0.25, 0.3) is 0 Å². The zero-order chi connectivity index (χ0) is 18.0. The Labute approximate surface area is 145 Å². The molecule has 1 unspecified atom stereocenters. The van der Waals surface area contributed by atoms with Crippen molar-refractivity contribution in [1.82, 2.24) is 20.3 Å². The smallest absolute Gasteiger partial charge is 0.223 e. The second-order valence-corrected chi connectivity index (χ2v) is 5.99. The van der Waals surface area contributed by atoms with E-state index < -0.39 is 0 Å². The van der Waals surface area contributed by atoms with E-state index in [2.05, 4.69) is 25.6 Å². The predicted octanol–water partition coefficient (Wildman–Crippen LogP) is 3.16. The highest BCUT2D eigenvalue weighted by Gasteiger charge is 2.21. The van der Waals surface area contributed by atoms with Crippen molar-refractivity contribution in [3.63, 3.8) is 0 Å². The second kappa shape index (κ2) is 7.02. The molecule has 8 heteroatoms. The van der Waals surface area contributed by atoms with Gasteiger partial charge < -0.3 is 19.1 Å². The Morgan fingerprint density at radius 3 is 2.60 bits per heavy atom. The minimum absolute atomic E-state index is 0.0703. The largest absolute Gasteiger partial charge is 0.383 e. The zero-order valence-corrected chi connectivity index (χ0v) is 15.0. The number of ether oxygens (including phenoxy) is 1. The van der Waals surface area contributed by atoms with Gasteiger partial charge in [-0.3, -0.25) is 0 Å². The van der Waals surface area contributed by atoms with Gasteiger partial charge in [0, 0.05) is 25.4 Å². The Hall–Kier alpha value is -2.74. The summed E-state index contributed by atoms with van der Waals surface area (Å²) in [7, 11) is 1.66. The van der Waals surface area contributed by atoms with Gasteiger partial charge in [0.05, 0.1) is 34.8 Å². The van der Waals surface area contributed by atoms with Gasteiger partial charge >= 0.3 is 0 Å². The Balaban J connectivity index is 2.10. The molecule has 3 aromatic rings. The van der Waals surface area contributed by atoms with E-state index in [9.17, 15) is 0 Å². The molecular formula is C17H21N5O3. The van der Waals surface area contributed by atoms with Gasteiger partial charge in [0.15, 0.2) is 5.76 Å². The summed E-state index contributed by atoms with van der Waals surface area (Å²) in [5.41, 5.74) is 3.79. The molecule has 1 N–H and O–H groups in total. The number of aryl methyl sites for hydroxylation is 3. The molecule has 0 saturated carbocycles. The highest BCUT2D eigenvalue weighted by molar-refractivity contribution is 5.80. The lowest BCUT2D eigenvalue weighted by Crippen LogP contribution is -2.22. The molecule has 3 rings (SSSR count). The van der Waals surface area contributed by atoms with Crippen LogP contribution in [0.2, 0.25) is 0 Å². The summed E-state index contributed by atoms with van der Waals surface area (Å²) in [5, 5.41) is 11.2. The maximum atomic E-state index is 5.41. The van der Waals surface area contributed by atoms with Gasteiger partial charge in [-0.15, -0.1) is 0 Å². The second-order valence-electron chi connectivity index (χ2n) is 5.99. The summed E-state index contributed by atoms with van der Waals surface area (Å²) in [5.74, 6) is 1.79. The fourth-order valence-corrected chi connectivity index (χ4v) is 2.65. The molecule has 0 saturated heterocycles. The van der Waals surface area contributed by atoms with Gasteiger partial charge in [-0.1, -0.05) is 10.3 Å².